The van der Waals surface area contributed by atoms with Crippen molar-refractivity contribution in [3.8, 4) is 0 Å². The lowest BCUT2D eigenvalue weighted by Crippen LogP contribution is -2.52. The average molecular weight is 217 g/mol. The minimum Gasteiger partial charge on any atom is -0.391 e. The predicted molar refractivity (Wildman–Crippen MR) is 58.8 cm³/mol. The Labute approximate surface area is 90.8 Å². The van der Waals surface area contributed by atoms with Crippen molar-refractivity contribution in [3.63, 3.8) is 0 Å². The normalized spacial score (nSPS) is 28.7. The van der Waals surface area contributed by atoms with Crippen molar-refractivity contribution in [2.45, 2.75) is 18.9 Å². The second kappa shape index (κ2) is 4.39. The number of aliphatic hydroxyl groups excluding tert-OH is 1. The van der Waals surface area contributed by atoms with Gasteiger partial charge in [-0.15, -0.1) is 0 Å². The van der Waals surface area contributed by atoms with Crippen molar-refractivity contribution in [3.05, 3.63) is 0 Å². The summed E-state index contributed by atoms with van der Waals surface area (Å²) in [5.41, 5.74) is 0.502. The smallest absolute Gasteiger partial charge is 0.0754 e. The van der Waals surface area contributed by atoms with E-state index in [1.807, 2.05) is 0 Å². The van der Waals surface area contributed by atoms with Crippen molar-refractivity contribution in [1.29, 1.82) is 0 Å². The molecule has 1 N–H and O–H groups in total. The van der Waals surface area contributed by atoms with Gasteiger partial charge < -0.3 is 14.7 Å². The van der Waals surface area contributed by atoms with Gasteiger partial charge in [-0.05, 0) is 25.9 Å². The zero-order valence-corrected chi connectivity index (χ0v) is 9.38. The van der Waals surface area contributed by atoms with Gasteiger partial charge in [-0.25, -0.2) is 0 Å². The van der Waals surface area contributed by atoms with E-state index >= 15 is 0 Å². The van der Waals surface area contributed by atoms with Crippen LogP contribution in [0.1, 0.15) is 12.8 Å². The molecule has 82 valence electrons. The van der Waals surface area contributed by atoms with Crippen LogP contribution in [0, 0.1) is 5.41 Å². The van der Waals surface area contributed by atoms with E-state index in [2.05, 4.69) is 17.5 Å². The molecule has 2 fully saturated rings. The van der Waals surface area contributed by atoms with Crippen molar-refractivity contribution < 1.29 is 9.84 Å². The largest absolute Gasteiger partial charge is 0.391 e. The first kappa shape index (κ1) is 10.7. The molecule has 0 aliphatic carbocycles. The van der Waals surface area contributed by atoms with Gasteiger partial charge in [-0.1, -0.05) is 0 Å². The minimum atomic E-state index is -0.273. The van der Waals surface area contributed by atoms with Crippen LogP contribution in [0.2, 0.25) is 0 Å². The molecule has 0 radical (unpaired) electrons. The van der Waals surface area contributed by atoms with Crippen LogP contribution >= 0.6 is 12.6 Å². The molecule has 1 spiro atoms. The number of β-amino-alcohol motifs (C(OH)–C–C–N with tert-alkyl or cyclic N) is 1. The zero-order valence-electron chi connectivity index (χ0n) is 8.48. The van der Waals surface area contributed by atoms with E-state index in [1.165, 1.54) is 12.8 Å². The summed E-state index contributed by atoms with van der Waals surface area (Å²) in [5.74, 6) is 0.560. The van der Waals surface area contributed by atoms with E-state index in [4.69, 9.17) is 4.74 Å². The van der Waals surface area contributed by atoms with Crippen molar-refractivity contribution in [1.82, 2.24) is 4.90 Å². The predicted octanol–water partition coefficient (Wildman–Crippen LogP) is 0.389. The quantitative estimate of drug-likeness (QED) is 0.671. The summed E-state index contributed by atoms with van der Waals surface area (Å²) in [4.78, 5) is 2.34. The summed E-state index contributed by atoms with van der Waals surface area (Å²) in [6.07, 6.45) is 2.18. The fraction of sp³-hybridized carbons (Fsp3) is 1.00. The Morgan fingerprint density at radius 2 is 2.00 bits per heavy atom. The fourth-order valence-electron chi connectivity index (χ4n) is 2.25. The van der Waals surface area contributed by atoms with E-state index in [0.717, 1.165) is 32.8 Å². The Balaban J connectivity index is 1.73. The average Bonchev–Trinajstić information content (AvgIpc) is 2.16. The summed E-state index contributed by atoms with van der Waals surface area (Å²) in [6, 6.07) is 0. The molecule has 3 nitrogen and oxygen atoms in total. The molecule has 0 aromatic heterocycles. The summed E-state index contributed by atoms with van der Waals surface area (Å²) in [5, 5.41) is 9.47. The number of ether oxygens (including phenoxy) is 1. The van der Waals surface area contributed by atoms with Crippen molar-refractivity contribution in [2.75, 3.05) is 38.6 Å². The highest BCUT2D eigenvalue weighted by Gasteiger charge is 2.41. The van der Waals surface area contributed by atoms with Gasteiger partial charge in [0, 0.05) is 17.7 Å². The summed E-state index contributed by atoms with van der Waals surface area (Å²) in [7, 11) is 0. The minimum absolute atomic E-state index is 0.273. The van der Waals surface area contributed by atoms with Gasteiger partial charge in [0.25, 0.3) is 0 Å². The molecular weight excluding hydrogens is 198 g/mol. The summed E-state index contributed by atoms with van der Waals surface area (Å²) in [6.45, 7) is 4.90. The first-order valence-electron chi connectivity index (χ1n) is 5.33. The molecule has 2 saturated heterocycles. The van der Waals surface area contributed by atoms with Crippen LogP contribution in [0.5, 0.6) is 0 Å². The molecule has 0 aromatic carbocycles. The lowest BCUT2D eigenvalue weighted by atomic mass is 9.77. The Morgan fingerprint density at radius 1 is 1.36 bits per heavy atom. The topological polar surface area (TPSA) is 32.7 Å². The summed E-state index contributed by atoms with van der Waals surface area (Å²) >= 11 is 4.08. The molecule has 0 aromatic rings. The number of aliphatic hydroxyl groups is 1. The maximum atomic E-state index is 9.47. The Bertz CT molecular complexity index is 187. The van der Waals surface area contributed by atoms with Gasteiger partial charge >= 0.3 is 0 Å². The molecular formula is C10H19NO2S. The molecule has 14 heavy (non-hydrogen) atoms. The third kappa shape index (κ3) is 2.24. The second-order valence-corrected chi connectivity index (χ2v) is 4.99. The van der Waals surface area contributed by atoms with Crippen LogP contribution in [0.3, 0.4) is 0 Å². The standard InChI is InChI=1S/C10H19NO2S/c12-9(6-14)5-11-3-1-10(2-4-11)7-13-8-10/h9,12,14H,1-8H2. The summed E-state index contributed by atoms with van der Waals surface area (Å²) < 4.78 is 5.27. The number of thiol groups is 1. The molecule has 2 heterocycles. The molecule has 0 saturated carbocycles. The molecule has 4 heteroatoms. The van der Waals surface area contributed by atoms with Gasteiger partial charge in [0.1, 0.15) is 0 Å². The molecule has 0 amide bonds. The van der Waals surface area contributed by atoms with Crippen LogP contribution in [0.25, 0.3) is 0 Å². The van der Waals surface area contributed by atoms with E-state index in [-0.39, 0.29) is 6.10 Å². The Kier molecular flexibility index (Phi) is 3.37. The highest BCUT2D eigenvalue weighted by Crippen LogP contribution is 2.38. The molecule has 1 atom stereocenters. The molecule has 2 rings (SSSR count). The number of hydrogen-bond donors (Lipinski definition) is 2. The van der Waals surface area contributed by atoms with Crippen LogP contribution in [-0.2, 0) is 4.74 Å². The first-order valence-corrected chi connectivity index (χ1v) is 5.96. The number of likely N-dealkylation sites (tertiary alicyclic amines) is 1. The van der Waals surface area contributed by atoms with E-state index in [9.17, 15) is 5.11 Å². The van der Waals surface area contributed by atoms with Crippen LogP contribution in [-0.4, -0.2) is 54.7 Å². The third-order valence-corrected chi connectivity index (χ3v) is 3.83. The van der Waals surface area contributed by atoms with E-state index in [0.29, 0.717) is 11.2 Å². The van der Waals surface area contributed by atoms with Crippen molar-refractivity contribution in [2.24, 2.45) is 5.41 Å². The Hall–Kier alpha value is 0.230. The van der Waals surface area contributed by atoms with Gasteiger partial charge in [0.05, 0.1) is 19.3 Å². The van der Waals surface area contributed by atoms with Gasteiger partial charge in [-0.2, -0.15) is 12.6 Å². The second-order valence-electron chi connectivity index (χ2n) is 4.63. The van der Waals surface area contributed by atoms with Gasteiger partial charge in [0.2, 0.25) is 0 Å². The lowest BCUT2D eigenvalue weighted by molar-refractivity contribution is -0.140. The SMILES string of the molecule is OC(CS)CN1CCC2(CC1)COC2. The highest BCUT2D eigenvalue weighted by atomic mass is 32.1. The highest BCUT2D eigenvalue weighted by molar-refractivity contribution is 7.80. The molecule has 1 unspecified atom stereocenters. The molecule has 0 bridgehead atoms. The monoisotopic (exact) mass is 217 g/mol. The van der Waals surface area contributed by atoms with Crippen LogP contribution in [0.4, 0.5) is 0 Å². The van der Waals surface area contributed by atoms with Gasteiger partial charge in [-0.3, -0.25) is 0 Å². The number of hydrogen-bond acceptors (Lipinski definition) is 4. The Morgan fingerprint density at radius 3 is 2.43 bits per heavy atom. The fourth-order valence-corrected chi connectivity index (χ4v) is 2.36. The third-order valence-electron chi connectivity index (χ3n) is 3.41. The van der Waals surface area contributed by atoms with E-state index in [1.54, 1.807) is 0 Å². The van der Waals surface area contributed by atoms with E-state index < -0.39 is 0 Å². The first-order chi connectivity index (χ1) is 6.74. The zero-order chi connectivity index (χ0) is 10.0. The lowest BCUT2D eigenvalue weighted by Gasteiger charge is -2.47. The van der Waals surface area contributed by atoms with Crippen LogP contribution < -0.4 is 0 Å². The number of piperidine rings is 1. The maximum absolute atomic E-state index is 9.47. The molecule has 2 aliphatic heterocycles. The molecule has 2 aliphatic rings. The van der Waals surface area contributed by atoms with Gasteiger partial charge in [0.15, 0.2) is 0 Å². The number of nitrogens with zero attached hydrogens (tertiary/aromatic N) is 1. The number of rotatable bonds is 3. The van der Waals surface area contributed by atoms with Crippen molar-refractivity contribution >= 4 is 12.6 Å². The maximum Gasteiger partial charge on any atom is 0.0754 e. The van der Waals surface area contributed by atoms with Crippen LogP contribution in [0.15, 0.2) is 0 Å².